The molecule has 0 unspecified atom stereocenters. The largest absolute Gasteiger partial charge is 0.255 e. The summed E-state index contributed by atoms with van der Waals surface area (Å²) in [5, 5.41) is 12.0. The van der Waals surface area contributed by atoms with Gasteiger partial charge < -0.3 is 0 Å². The molecule has 0 aliphatic carbocycles. The Morgan fingerprint density at radius 3 is 1.25 bits per heavy atom. The Morgan fingerprint density at radius 1 is 1.25 bits per heavy atom. The molecular weight excluding hydrogens is 64.0 g/mol. The monoisotopic (exact) mass is 68.0 g/mol. The number of rotatable bonds is 0. The average molecular weight is 68.0 g/mol. The second kappa shape index (κ2) is 25.3. The Bertz CT molecular complexity index is 3.61. The van der Waals surface area contributed by atoms with E-state index in [1.165, 1.54) is 0 Å². The van der Waals surface area contributed by atoms with Crippen LogP contribution in [0.2, 0.25) is 0 Å². The minimum Gasteiger partial charge on any atom is -0.255 e. The van der Waals surface area contributed by atoms with Crippen molar-refractivity contribution in [2.45, 2.75) is 0 Å². The lowest BCUT2D eigenvalue weighted by Gasteiger charge is -1.25. The molecule has 0 fully saturated rings. The molecule has 0 atom stereocenters. The van der Waals surface area contributed by atoms with E-state index in [4.69, 9.17) is 20.4 Å². The zero-order valence-electron chi connectivity index (χ0n) is 1.71. The first-order chi connectivity index (χ1) is 2.00. The smallest absolute Gasteiger partial charge is 0 e. The van der Waals surface area contributed by atoms with Gasteiger partial charge in [-0.1, -0.05) is 0 Å². The molecule has 0 aromatic rings. The molecule has 0 aromatic carbocycles. The van der Waals surface area contributed by atoms with Crippen LogP contribution in [0.4, 0.5) is 0 Å². The van der Waals surface area contributed by atoms with Crippen LogP contribution in [0.15, 0.2) is 0 Å². The molecule has 4 heavy (non-hydrogen) atoms. The quantitative estimate of drug-likeness (QED) is 0.317. The van der Waals surface area contributed by atoms with Crippen LogP contribution in [0, 0.1) is 9.93 Å². The van der Waals surface area contributed by atoms with Crippen LogP contribution in [0.5, 0.6) is 0 Å². The maximum atomic E-state index is 7.00. The van der Waals surface area contributed by atoms with Crippen LogP contribution < -0.4 is 0 Å². The van der Waals surface area contributed by atoms with Crippen molar-refractivity contribution in [1.82, 2.24) is 0 Å². The number of hydrogen-bond donors (Lipinski definition) is 2. The van der Waals surface area contributed by atoms with Gasteiger partial charge in [0, 0.05) is 11.4 Å². The summed E-state index contributed by atoms with van der Waals surface area (Å²) in [6.45, 7) is 0. The van der Waals surface area contributed by atoms with Gasteiger partial charge in [-0.2, -0.15) is 0 Å². The summed E-state index contributed by atoms with van der Waals surface area (Å²) in [6, 6.07) is 0. The molecule has 4 heteroatoms. The minimum atomic E-state index is 0. The minimum absolute atomic E-state index is 0. The molecule has 2 N–H and O–H groups in total. The van der Waals surface area contributed by atoms with Crippen molar-refractivity contribution in [3.8, 4) is 0 Å². The van der Waals surface area contributed by atoms with E-state index < -0.39 is 0 Å². The van der Waals surface area contributed by atoms with Crippen molar-refractivity contribution >= 4 is 0 Å². The average Bonchev–Trinajstić information content (AvgIpc) is 1.50. The summed E-state index contributed by atoms with van der Waals surface area (Å²) in [5.74, 6) is 0. The third-order valence-corrected chi connectivity index (χ3v) is 0. The fourth-order valence-electron chi connectivity index (χ4n) is 0. The van der Waals surface area contributed by atoms with Gasteiger partial charge in [0.05, 0.1) is 0 Å². The molecule has 0 rings (SSSR count). The second-order valence-corrected chi connectivity index (χ2v) is 0. The summed E-state index contributed by atoms with van der Waals surface area (Å²) in [4.78, 5) is 14.0. The highest BCUT2D eigenvalue weighted by Gasteiger charge is 0.746. The second-order valence-electron chi connectivity index (χ2n) is 0. The molecule has 0 aliphatic rings. The third-order valence-electron chi connectivity index (χ3n) is 0. The summed E-state index contributed by atoms with van der Waals surface area (Å²) in [6.07, 6.45) is 0. The SMILES string of the molecule is O=O.OO.[HH]. The van der Waals surface area contributed by atoms with E-state index in [9.17, 15) is 0 Å². The van der Waals surface area contributed by atoms with Crippen LogP contribution >= 0.6 is 0 Å². The zero-order valence-corrected chi connectivity index (χ0v) is 1.71. The summed E-state index contributed by atoms with van der Waals surface area (Å²) in [5.41, 5.74) is 0. The molecule has 0 amide bonds. The standard InChI is InChI=1S/H2O2.O2.H2/c2*1-2;/h1-2H;;1H. The Labute approximate surface area is 23.3 Å². The van der Waals surface area contributed by atoms with Gasteiger partial charge in [0.15, 0.2) is 0 Å². The lowest BCUT2D eigenvalue weighted by molar-refractivity contribution is -0.176. The van der Waals surface area contributed by atoms with Gasteiger partial charge in [0.2, 0.25) is 0 Å². The molecule has 0 radical (unpaired) electrons. The molecule has 0 aliphatic heterocycles. The third kappa shape index (κ3) is 1.78. The molecule has 4 nitrogen and oxygen atoms in total. The van der Waals surface area contributed by atoms with Crippen LogP contribution in [-0.2, 0) is 0 Å². The van der Waals surface area contributed by atoms with Crippen LogP contribution in [-0.4, -0.2) is 10.5 Å². The van der Waals surface area contributed by atoms with Gasteiger partial charge in [0.25, 0.3) is 0 Å². The van der Waals surface area contributed by atoms with Gasteiger partial charge in [-0.3, -0.25) is 10.5 Å². The van der Waals surface area contributed by atoms with Crippen LogP contribution in [0.1, 0.15) is 1.43 Å². The molecule has 0 heterocycles. The Kier molecular flexibility index (Phi) is 61.1. The first-order valence-electron chi connectivity index (χ1n) is 0.367. The van der Waals surface area contributed by atoms with Gasteiger partial charge in [0.1, 0.15) is 0 Å². The first-order valence-corrected chi connectivity index (χ1v) is 0.367. The van der Waals surface area contributed by atoms with E-state index in [-0.39, 0.29) is 1.43 Å². The predicted octanol–water partition coefficient (Wildman–Crippen LogP) is 0.330. The molecule has 0 bridgehead atoms. The van der Waals surface area contributed by atoms with Crippen molar-refractivity contribution in [2.75, 3.05) is 0 Å². The van der Waals surface area contributed by atoms with Crippen molar-refractivity contribution in [3.05, 3.63) is 9.93 Å². The Morgan fingerprint density at radius 2 is 1.25 bits per heavy atom. The highest BCUT2D eigenvalue weighted by atomic mass is 17.0. The molecule has 0 saturated heterocycles. The molecule has 0 spiro atoms. The van der Waals surface area contributed by atoms with E-state index in [1.54, 1.807) is 0 Å². The normalized spacial score (nSPS) is 2.50. The van der Waals surface area contributed by atoms with Gasteiger partial charge >= 0.3 is 0 Å². The lowest BCUT2D eigenvalue weighted by Crippen LogP contribution is -1.29. The van der Waals surface area contributed by atoms with E-state index in [0.29, 0.717) is 0 Å². The summed E-state index contributed by atoms with van der Waals surface area (Å²) >= 11 is 0. The fraction of sp³-hybridized carbons (Fsp3) is 0. The van der Waals surface area contributed by atoms with Crippen molar-refractivity contribution in [2.24, 2.45) is 0 Å². The maximum Gasteiger partial charge on any atom is 0 e. The van der Waals surface area contributed by atoms with E-state index in [2.05, 4.69) is 0 Å². The topological polar surface area (TPSA) is 74.6 Å². The first kappa shape index (κ1) is 9.68. The van der Waals surface area contributed by atoms with Crippen LogP contribution in [0.3, 0.4) is 0 Å². The molecule has 0 aromatic heterocycles. The van der Waals surface area contributed by atoms with Gasteiger partial charge in [-0.25, -0.2) is 0 Å². The zero-order chi connectivity index (χ0) is 4.00. The maximum absolute atomic E-state index is 7.00. The van der Waals surface area contributed by atoms with Crippen LogP contribution in [0.25, 0.3) is 0 Å². The highest BCUT2D eigenvalue weighted by Crippen LogP contribution is 0.741. The Balaban J connectivity index is -0.0000000133. The van der Waals surface area contributed by atoms with Crippen molar-refractivity contribution < 1.29 is 11.9 Å². The molecular formula is H4O4. The van der Waals surface area contributed by atoms with E-state index in [1.807, 2.05) is 0 Å². The van der Waals surface area contributed by atoms with Gasteiger partial charge in [-0.15, -0.1) is 0 Å². The predicted molar refractivity (Wildman–Crippen MR) is 14.1 cm³/mol. The fourth-order valence-corrected chi connectivity index (χ4v) is 0. The summed E-state index contributed by atoms with van der Waals surface area (Å²) < 4.78 is 0. The molecule has 28 valence electrons. The van der Waals surface area contributed by atoms with E-state index in [0.717, 1.165) is 0 Å². The van der Waals surface area contributed by atoms with E-state index >= 15 is 0 Å². The molecule has 0 saturated carbocycles. The Hall–Kier alpha value is -0.480. The van der Waals surface area contributed by atoms with Gasteiger partial charge in [-0.05, 0) is 0 Å². The van der Waals surface area contributed by atoms with Crippen molar-refractivity contribution in [3.63, 3.8) is 0 Å². The lowest BCUT2D eigenvalue weighted by atomic mass is 15.0. The summed E-state index contributed by atoms with van der Waals surface area (Å²) in [7, 11) is 0. The van der Waals surface area contributed by atoms with Crippen molar-refractivity contribution in [1.29, 1.82) is 0 Å². The number of hydrogen-bond acceptors (Lipinski definition) is 4. The highest BCUT2D eigenvalue weighted by molar-refractivity contribution is 4.07.